The van der Waals surface area contributed by atoms with Gasteiger partial charge in [-0.05, 0) is 40.7 Å². The Morgan fingerprint density at radius 3 is 1.96 bits per heavy atom. The predicted octanol–water partition coefficient (Wildman–Crippen LogP) is 5.77. The van der Waals surface area contributed by atoms with Crippen molar-refractivity contribution in [1.29, 1.82) is 0 Å². The molecule has 2 nitrogen and oxygen atoms in total. The summed E-state index contributed by atoms with van der Waals surface area (Å²) in [6.45, 7) is 8.59. The van der Waals surface area contributed by atoms with Gasteiger partial charge in [0.05, 0.1) is 6.42 Å². The van der Waals surface area contributed by atoms with Crippen molar-refractivity contribution >= 4 is 23.2 Å². The molecule has 2 aromatic carbocycles. The monoisotopic (exact) mass is 329 g/mol. The fourth-order valence-electron chi connectivity index (χ4n) is 2.67. The summed E-state index contributed by atoms with van der Waals surface area (Å²) in [6, 6.07) is 13.7. The minimum absolute atomic E-state index is 0.00215. The van der Waals surface area contributed by atoms with Crippen LogP contribution in [0.2, 0.25) is 5.02 Å². The number of hydrogen-bond acceptors (Lipinski definition) is 1. The SMILES string of the molecule is CC(C)c1cccc(C(C)C)c1NC(=O)Cc1ccc(Cl)cc1. The van der Waals surface area contributed by atoms with E-state index in [0.29, 0.717) is 23.3 Å². The van der Waals surface area contributed by atoms with Gasteiger partial charge in [0.25, 0.3) is 0 Å². The predicted molar refractivity (Wildman–Crippen MR) is 98.4 cm³/mol. The minimum Gasteiger partial charge on any atom is -0.325 e. The molecular formula is C20H24ClNO. The first-order valence-corrected chi connectivity index (χ1v) is 8.43. The maximum atomic E-state index is 12.5. The van der Waals surface area contributed by atoms with E-state index in [1.807, 2.05) is 24.3 Å². The normalized spacial score (nSPS) is 11.1. The number of amides is 1. The van der Waals surface area contributed by atoms with E-state index in [9.17, 15) is 4.79 Å². The van der Waals surface area contributed by atoms with Gasteiger partial charge in [-0.15, -0.1) is 0 Å². The Bertz CT molecular complexity index is 648. The molecule has 0 spiro atoms. The molecule has 0 saturated heterocycles. The molecule has 0 unspecified atom stereocenters. The fraction of sp³-hybridized carbons (Fsp3) is 0.350. The summed E-state index contributed by atoms with van der Waals surface area (Å²) in [5.41, 5.74) is 4.29. The van der Waals surface area contributed by atoms with Gasteiger partial charge in [-0.1, -0.05) is 69.6 Å². The van der Waals surface area contributed by atoms with Crippen molar-refractivity contribution in [3.8, 4) is 0 Å². The molecule has 0 aliphatic heterocycles. The number of carbonyl (C=O) groups is 1. The van der Waals surface area contributed by atoms with Crippen molar-refractivity contribution in [3.63, 3.8) is 0 Å². The summed E-state index contributed by atoms with van der Waals surface area (Å²) in [5.74, 6) is 0.724. The zero-order valence-electron chi connectivity index (χ0n) is 14.2. The number of anilines is 1. The van der Waals surface area contributed by atoms with Crippen LogP contribution in [0.5, 0.6) is 0 Å². The smallest absolute Gasteiger partial charge is 0.228 e. The van der Waals surface area contributed by atoms with Crippen molar-refractivity contribution < 1.29 is 4.79 Å². The van der Waals surface area contributed by atoms with Gasteiger partial charge in [-0.25, -0.2) is 0 Å². The van der Waals surface area contributed by atoms with Crippen LogP contribution in [0.4, 0.5) is 5.69 Å². The van der Waals surface area contributed by atoms with Crippen LogP contribution < -0.4 is 5.32 Å². The van der Waals surface area contributed by atoms with Crippen LogP contribution >= 0.6 is 11.6 Å². The molecule has 0 bridgehead atoms. The first-order valence-electron chi connectivity index (χ1n) is 8.05. The molecule has 0 aliphatic rings. The lowest BCUT2D eigenvalue weighted by Crippen LogP contribution is -2.17. The van der Waals surface area contributed by atoms with E-state index < -0.39 is 0 Å². The molecule has 2 aromatic rings. The lowest BCUT2D eigenvalue weighted by molar-refractivity contribution is -0.115. The summed E-state index contributed by atoms with van der Waals surface area (Å²) < 4.78 is 0. The highest BCUT2D eigenvalue weighted by atomic mass is 35.5. The van der Waals surface area contributed by atoms with Gasteiger partial charge in [0.15, 0.2) is 0 Å². The highest BCUT2D eigenvalue weighted by Gasteiger charge is 2.16. The number of nitrogens with one attached hydrogen (secondary N) is 1. The Hall–Kier alpha value is -1.80. The molecule has 0 radical (unpaired) electrons. The van der Waals surface area contributed by atoms with Gasteiger partial charge in [0.1, 0.15) is 0 Å². The number of carbonyl (C=O) groups excluding carboxylic acids is 1. The molecule has 0 aliphatic carbocycles. The second-order valence-corrected chi connectivity index (χ2v) is 6.91. The Kier molecular flexibility index (Phi) is 5.84. The maximum absolute atomic E-state index is 12.5. The highest BCUT2D eigenvalue weighted by Crippen LogP contribution is 2.32. The van der Waals surface area contributed by atoms with Gasteiger partial charge in [0, 0.05) is 10.7 Å². The van der Waals surface area contributed by atoms with Gasteiger partial charge in [0.2, 0.25) is 5.91 Å². The lowest BCUT2D eigenvalue weighted by atomic mass is 9.92. The standard InChI is InChI=1S/C20H24ClNO/c1-13(2)17-6-5-7-18(14(3)4)20(17)22-19(23)12-15-8-10-16(21)11-9-15/h5-11,13-14H,12H2,1-4H3,(H,22,23). The van der Waals surface area contributed by atoms with E-state index in [-0.39, 0.29) is 5.91 Å². The summed E-state index contributed by atoms with van der Waals surface area (Å²) >= 11 is 5.89. The van der Waals surface area contributed by atoms with E-state index >= 15 is 0 Å². The average Bonchev–Trinajstić information content (AvgIpc) is 2.49. The number of benzene rings is 2. The molecular weight excluding hydrogens is 306 g/mol. The van der Waals surface area contributed by atoms with Gasteiger partial charge in [-0.2, -0.15) is 0 Å². The van der Waals surface area contributed by atoms with Crippen LogP contribution in [0.1, 0.15) is 56.2 Å². The molecule has 2 rings (SSSR count). The molecule has 1 N–H and O–H groups in total. The zero-order chi connectivity index (χ0) is 17.0. The van der Waals surface area contributed by atoms with Crippen LogP contribution in [0.15, 0.2) is 42.5 Å². The van der Waals surface area contributed by atoms with E-state index in [4.69, 9.17) is 11.6 Å². The third kappa shape index (κ3) is 4.59. The van der Waals surface area contributed by atoms with Crippen LogP contribution in [0, 0.1) is 0 Å². The van der Waals surface area contributed by atoms with E-state index in [2.05, 4.69) is 51.2 Å². The second kappa shape index (κ2) is 7.65. The number of hydrogen-bond donors (Lipinski definition) is 1. The summed E-state index contributed by atoms with van der Waals surface area (Å²) in [6.07, 6.45) is 0.348. The Morgan fingerprint density at radius 2 is 1.48 bits per heavy atom. The Balaban J connectivity index is 2.24. The summed E-state index contributed by atoms with van der Waals surface area (Å²) in [7, 11) is 0. The van der Waals surface area contributed by atoms with Crippen molar-refractivity contribution in [3.05, 3.63) is 64.2 Å². The fourth-order valence-corrected chi connectivity index (χ4v) is 2.79. The summed E-state index contributed by atoms with van der Waals surface area (Å²) in [5, 5.41) is 3.81. The highest BCUT2D eigenvalue weighted by molar-refractivity contribution is 6.30. The summed E-state index contributed by atoms with van der Waals surface area (Å²) in [4.78, 5) is 12.5. The van der Waals surface area contributed by atoms with E-state index in [1.165, 1.54) is 11.1 Å². The topological polar surface area (TPSA) is 29.1 Å². The lowest BCUT2D eigenvalue weighted by Gasteiger charge is -2.20. The van der Waals surface area contributed by atoms with Crippen molar-refractivity contribution in [1.82, 2.24) is 0 Å². The molecule has 0 aromatic heterocycles. The minimum atomic E-state index is 0.00215. The van der Waals surface area contributed by atoms with Crippen molar-refractivity contribution in [2.75, 3.05) is 5.32 Å². The first kappa shape index (κ1) is 17.6. The number of rotatable bonds is 5. The Morgan fingerprint density at radius 1 is 0.957 bits per heavy atom. The van der Waals surface area contributed by atoms with Crippen molar-refractivity contribution in [2.24, 2.45) is 0 Å². The van der Waals surface area contributed by atoms with Crippen molar-refractivity contribution in [2.45, 2.75) is 46.0 Å². The largest absolute Gasteiger partial charge is 0.325 e. The molecule has 3 heteroatoms. The number of para-hydroxylation sites is 1. The third-order valence-corrected chi connectivity index (χ3v) is 4.17. The van der Waals surface area contributed by atoms with Crippen LogP contribution in [0.25, 0.3) is 0 Å². The first-order chi connectivity index (χ1) is 10.9. The quantitative estimate of drug-likeness (QED) is 0.741. The number of halogens is 1. The molecule has 122 valence electrons. The molecule has 23 heavy (non-hydrogen) atoms. The molecule has 0 saturated carbocycles. The zero-order valence-corrected chi connectivity index (χ0v) is 14.9. The van der Waals surface area contributed by atoms with Crippen LogP contribution in [0.3, 0.4) is 0 Å². The maximum Gasteiger partial charge on any atom is 0.228 e. The van der Waals surface area contributed by atoms with Gasteiger partial charge < -0.3 is 5.32 Å². The third-order valence-electron chi connectivity index (χ3n) is 3.92. The average molecular weight is 330 g/mol. The molecule has 0 atom stereocenters. The molecule has 0 fully saturated rings. The molecule has 1 amide bonds. The van der Waals surface area contributed by atoms with E-state index in [0.717, 1.165) is 11.3 Å². The Labute approximate surface area is 143 Å². The molecule has 0 heterocycles. The van der Waals surface area contributed by atoms with Crippen LogP contribution in [-0.4, -0.2) is 5.91 Å². The van der Waals surface area contributed by atoms with E-state index in [1.54, 1.807) is 0 Å². The van der Waals surface area contributed by atoms with Crippen LogP contribution in [-0.2, 0) is 11.2 Å². The second-order valence-electron chi connectivity index (χ2n) is 6.47. The van der Waals surface area contributed by atoms with Gasteiger partial charge >= 0.3 is 0 Å². The van der Waals surface area contributed by atoms with Gasteiger partial charge in [-0.3, -0.25) is 4.79 Å².